The molecule has 1 amide bonds. The molecule has 4 heteroatoms. The lowest BCUT2D eigenvalue weighted by atomic mass is 9.92. The monoisotopic (exact) mass is 201 g/mol. The van der Waals surface area contributed by atoms with E-state index in [-0.39, 0.29) is 6.04 Å². The number of hydrogen-bond acceptors (Lipinski definition) is 2. The van der Waals surface area contributed by atoms with Crippen molar-refractivity contribution in [3.05, 3.63) is 0 Å². The van der Waals surface area contributed by atoms with Crippen molar-refractivity contribution in [1.29, 1.82) is 0 Å². The van der Waals surface area contributed by atoms with Gasteiger partial charge in [0.25, 0.3) is 0 Å². The Balaban J connectivity index is 4.40. The quantitative estimate of drug-likeness (QED) is 0.661. The van der Waals surface area contributed by atoms with Gasteiger partial charge >= 0.3 is 5.97 Å². The molecule has 0 fully saturated rings. The van der Waals surface area contributed by atoms with Crippen LogP contribution >= 0.6 is 0 Å². The first-order valence-corrected chi connectivity index (χ1v) is 4.90. The summed E-state index contributed by atoms with van der Waals surface area (Å²) in [5.74, 6) is -1.51. The van der Waals surface area contributed by atoms with Crippen molar-refractivity contribution >= 4 is 11.9 Å². The second-order valence-electron chi connectivity index (χ2n) is 3.92. The summed E-state index contributed by atoms with van der Waals surface area (Å²) in [5.41, 5.74) is -1.34. The van der Waals surface area contributed by atoms with Crippen molar-refractivity contribution in [2.75, 3.05) is 0 Å². The number of carboxylic acids is 1. The fraction of sp³-hybridized carbons (Fsp3) is 0.800. The summed E-state index contributed by atoms with van der Waals surface area (Å²) in [4.78, 5) is 22.3. The van der Waals surface area contributed by atoms with Crippen molar-refractivity contribution in [3.8, 4) is 0 Å². The van der Waals surface area contributed by atoms with Crippen molar-refractivity contribution < 1.29 is 14.7 Å². The molecule has 0 unspecified atom stereocenters. The highest BCUT2D eigenvalue weighted by molar-refractivity contribution is 6.01. The van der Waals surface area contributed by atoms with Gasteiger partial charge in [-0.1, -0.05) is 13.8 Å². The van der Waals surface area contributed by atoms with Crippen LogP contribution < -0.4 is 5.32 Å². The Hall–Kier alpha value is -1.06. The number of carbonyl (C=O) groups is 2. The Labute approximate surface area is 84.7 Å². The van der Waals surface area contributed by atoms with Gasteiger partial charge in [-0.15, -0.1) is 0 Å². The smallest absolute Gasteiger partial charge is 0.318 e. The van der Waals surface area contributed by atoms with E-state index < -0.39 is 17.3 Å². The predicted octanol–water partition coefficient (Wildman–Crippen LogP) is 1.40. The van der Waals surface area contributed by atoms with Crippen LogP contribution in [0, 0.1) is 5.41 Å². The Morgan fingerprint density at radius 1 is 1.29 bits per heavy atom. The molecule has 0 aromatic heterocycles. The van der Waals surface area contributed by atoms with Gasteiger partial charge in [-0.3, -0.25) is 9.59 Å². The molecule has 0 saturated carbocycles. The fourth-order valence-corrected chi connectivity index (χ4v) is 0.956. The molecule has 14 heavy (non-hydrogen) atoms. The number of carboxylic acid groups (broad SMARTS) is 1. The van der Waals surface area contributed by atoms with E-state index in [2.05, 4.69) is 5.32 Å². The third-order valence-electron chi connectivity index (χ3n) is 2.42. The molecule has 2 N–H and O–H groups in total. The minimum Gasteiger partial charge on any atom is -0.480 e. The normalized spacial score (nSPS) is 11.5. The minimum atomic E-state index is -1.34. The van der Waals surface area contributed by atoms with Gasteiger partial charge in [0.05, 0.1) is 0 Å². The highest BCUT2D eigenvalue weighted by Gasteiger charge is 2.36. The molecule has 0 heterocycles. The standard InChI is InChI=1S/C10H19NO3/c1-5-7(6-2)11-8(12)10(3,4)9(13)14/h7H,5-6H2,1-4H3,(H,11,12)(H,13,14). The van der Waals surface area contributed by atoms with Crippen LogP contribution in [0.15, 0.2) is 0 Å². The highest BCUT2D eigenvalue weighted by atomic mass is 16.4. The zero-order valence-corrected chi connectivity index (χ0v) is 9.26. The number of nitrogens with one attached hydrogen (secondary N) is 1. The number of rotatable bonds is 5. The second kappa shape index (κ2) is 4.98. The summed E-state index contributed by atoms with van der Waals surface area (Å²) < 4.78 is 0. The van der Waals surface area contributed by atoms with Crippen LogP contribution in [0.2, 0.25) is 0 Å². The Bertz CT molecular complexity index is 219. The summed E-state index contributed by atoms with van der Waals surface area (Å²) in [6.07, 6.45) is 1.63. The van der Waals surface area contributed by atoms with Crippen LogP contribution in [0.3, 0.4) is 0 Å². The Morgan fingerprint density at radius 3 is 2.00 bits per heavy atom. The SMILES string of the molecule is CCC(CC)NC(=O)C(C)(C)C(=O)O. The van der Waals surface area contributed by atoms with Crippen molar-refractivity contribution in [2.45, 2.75) is 46.6 Å². The third-order valence-corrected chi connectivity index (χ3v) is 2.42. The van der Waals surface area contributed by atoms with Crippen LogP contribution in [-0.2, 0) is 9.59 Å². The predicted molar refractivity (Wildman–Crippen MR) is 53.9 cm³/mol. The van der Waals surface area contributed by atoms with Crippen LogP contribution in [0.4, 0.5) is 0 Å². The van der Waals surface area contributed by atoms with Gasteiger partial charge in [0.15, 0.2) is 0 Å². The molecule has 0 aliphatic heterocycles. The molecule has 0 aromatic carbocycles. The van der Waals surface area contributed by atoms with Gasteiger partial charge in [0.1, 0.15) is 5.41 Å². The van der Waals surface area contributed by atoms with E-state index >= 15 is 0 Å². The lowest BCUT2D eigenvalue weighted by Gasteiger charge is -2.22. The summed E-state index contributed by atoms with van der Waals surface area (Å²) in [6.45, 7) is 6.74. The number of aliphatic carboxylic acids is 1. The maximum atomic E-state index is 11.5. The van der Waals surface area contributed by atoms with Crippen molar-refractivity contribution in [2.24, 2.45) is 5.41 Å². The van der Waals surface area contributed by atoms with E-state index in [0.29, 0.717) is 0 Å². The summed E-state index contributed by atoms with van der Waals surface area (Å²) in [5, 5.41) is 11.5. The van der Waals surface area contributed by atoms with Crippen molar-refractivity contribution in [3.63, 3.8) is 0 Å². The van der Waals surface area contributed by atoms with Crippen LogP contribution in [-0.4, -0.2) is 23.0 Å². The van der Waals surface area contributed by atoms with Crippen LogP contribution in [0.5, 0.6) is 0 Å². The van der Waals surface area contributed by atoms with Gasteiger partial charge in [-0.25, -0.2) is 0 Å². The minimum absolute atomic E-state index is 0.0705. The van der Waals surface area contributed by atoms with E-state index in [1.807, 2.05) is 13.8 Å². The lowest BCUT2D eigenvalue weighted by Crippen LogP contribution is -2.46. The van der Waals surface area contributed by atoms with E-state index in [0.717, 1.165) is 12.8 Å². The first kappa shape index (κ1) is 12.9. The second-order valence-corrected chi connectivity index (χ2v) is 3.92. The van der Waals surface area contributed by atoms with Crippen LogP contribution in [0.25, 0.3) is 0 Å². The van der Waals surface area contributed by atoms with Gasteiger partial charge in [-0.05, 0) is 26.7 Å². The largest absolute Gasteiger partial charge is 0.480 e. The molecule has 0 rings (SSSR count). The summed E-state index contributed by atoms with van der Waals surface area (Å²) in [7, 11) is 0. The zero-order chi connectivity index (χ0) is 11.4. The van der Waals surface area contributed by atoms with Crippen molar-refractivity contribution in [1.82, 2.24) is 5.32 Å². The molecule has 0 spiro atoms. The molecule has 0 aliphatic carbocycles. The molecule has 0 atom stereocenters. The Kier molecular flexibility index (Phi) is 4.60. The maximum Gasteiger partial charge on any atom is 0.318 e. The molecule has 0 radical (unpaired) electrons. The number of amides is 1. The van der Waals surface area contributed by atoms with E-state index in [4.69, 9.17) is 5.11 Å². The summed E-state index contributed by atoms with van der Waals surface area (Å²) in [6, 6.07) is 0.0705. The van der Waals surface area contributed by atoms with Gasteiger partial charge in [0.2, 0.25) is 5.91 Å². The zero-order valence-electron chi connectivity index (χ0n) is 9.26. The molecule has 0 saturated heterocycles. The molecule has 0 bridgehead atoms. The molecule has 0 aliphatic rings. The lowest BCUT2D eigenvalue weighted by molar-refractivity contribution is -0.153. The third kappa shape index (κ3) is 3.01. The van der Waals surface area contributed by atoms with Gasteiger partial charge in [-0.2, -0.15) is 0 Å². The molecule has 0 aromatic rings. The average molecular weight is 201 g/mol. The Morgan fingerprint density at radius 2 is 1.71 bits per heavy atom. The van der Waals surface area contributed by atoms with Gasteiger partial charge < -0.3 is 10.4 Å². The number of hydrogen-bond donors (Lipinski definition) is 2. The maximum absolute atomic E-state index is 11.5. The topological polar surface area (TPSA) is 66.4 Å². The molecular formula is C10H19NO3. The van der Waals surface area contributed by atoms with E-state index in [9.17, 15) is 9.59 Å². The molecule has 82 valence electrons. The first-order chi connectivity index (χ1) is 6.36. The van der Waals surface area contributed by atoms with E-state index in [1.54, 1.807) is 0 Å². The van der Waals surface area contributed by atoms with E-state index in [1.165, 1.54) is 13.8 Å². The highest BCUT2D eigenvalue weighted by Crippen LogP contribution is 2.16. The van der Waals surface area contributed by atoms with Gasteiger partial charge in [0, 0.05) is 6.04 Å². The first-order valence-electron chi connectivity index (χ1n) is 4.90. The molecular weight excluding hydrogens is 182 g/mol. The number of carbonyl (C=O) groups excluding carboxylic acids is 1. The average Bonchev–Trinajstić information content (AvgIpc) is 2.13. The molecule has 4 nitrogen and oxygen atoms in total. The fourth-order valence-electron chi connectivity index (χ4n) is 0.956. The van der Waals surface area contributed by atoms with Crippen LogP contribution in [0.1, 0.15) is 40.5 Å². The summed E-state index contributed by atoms with van der Waals surface area (Å²) >= 11 is 0.